The fourth-order valence-electron chi connectivity index (χ4n) is 1.94. The zero-order valence-corrected chi connectivity index (χ0v) is 14.6. The maximum Gasteiger partial charge on any atom is 0.171 e. The lowest BCUT2D eigenvalue weighted by Gasteiger charge is -2.09. The monoisotopic (exact) mass is 401 g/mol. The van der Waals surface area contributed by atoms with Crippen LogP contribution in [0.15, 0.2) is 15.0 Å². The van der Waals surface area contributed by atoms with Crippen LogP contribution < -0.4 is 5.32 Å². The molecule has 0 atom stereocenters. The van der Waals surface area contributed by atoms with Crippen LogP contribution in [0.4, 0.5) is 5.82 Å². The summed E-state index contributed by atoms with van der Waals surface area (Å²) in [6, 6.07) is 2.10. The Hall–Kier alpha value is -0.460. The van der Waals surface area contributed by atoms with E-state index in [9.17, 15) is 0 Å². The van der Waals surface area contributed by atoms with E-state index in [-0.39, 0.29) is 0 Å². The van der Waals surface area contributed by atoms with Gasteiger partial charge in [-0.15, -0.1) is 11.3 Å². The van der Waals surface area contributed by atoms with Crippen LogP contribution in [-0.4, -0.2) is 17.0 Å². The number of hydrogen-bond acceptors (Lipinski definition) is 4. The predicted octanol–water partition coefficient (Wildman–Crippen LogP) is 4.96. The fourth-order valence-corrected chi connectivity index (χ4v) is 4.11. The normalized spacial score (nSPS) is 14.7. The Morgan fingerprint density at radius 3 is 2.58 bits per heavy atom. The van der Waals surface area contributed by atoms with Crippen LogP contribution >= 0.6 is 43.2 Å². The minimum Gasteiger partial charge on any atom is -0.372 e. The van der Waals surface area contributed by atoms with Crippen molar-refractivity contribution in [3.05, 3.63) is 25.6 Å². The summed E-state index contributed by atoms with van der Waals surface area (Å²) < 4.78 is 2.13. The van der Waals surface area contributed by atoms with Crippen molar-refractivity contribution in [1.29, 1.82) is 0 Å². The van der Waals surface area contributed by atoms with Crippen LogP contribution in [0.1, 0.15) is 29.3 Å². The number of aryl methyl sites for hydroxylation is 1. The van der Waals surface area contributed by atoms with Gasteiger partial charge in [0.25, 0.3) is 0 Å². The Kier molecular flexibility index (Phi) is 3.66. The summed E-state index contributed by atoms with van der Waals surface area (Å²) in [5.74, 6) is 2.27. The summed E-state index contributed by atoms with van der Waals surface area (Å²) in [5.41, 5.74) is 1.14. The lowest BCUT2D eigenvalue weighted by Crippen LogP contribution is -2.02. The number of anilines is 1. The minimum absolute atomic E-state index is 0.590. The Balaban J connectivity index is 2.12. The second-order valence-electron chi connectivity index (χ2n) is 4.63. The van der Waals surface area contributed by atoms with Crippen molar-refractivity contribution in [1.82, 2.24) is 9.97 Å². The molecule has 1 saturated carbocycles. The third kappa shape index (κ3) is 2.58. The molecule has 1 fully saturated rings. The first kappa shape index (κ1) is 13.5. The van der Waals surface area contributed by atoms with Gasteiger partial charge in [-0.25, -0.2) is 9.97 Å². The number of thiophene rings is 1. The van der Waals surface area contributed by atoms with Gasteiger partial charge in [0.1, 0.15) is 5.82 Å². The maximum atomic E-state index is 4.76. The summed E-state index contributed by atoms with van der Waals surface area (Å²) in [5, 5.41) is 3.14. The largest absolute Gasteiger partial charge is 0.372 e. The van der Waals surface area contributed by atoms with Crippen molar-refractivity contribution in [2.75, 3.05) is 12.4 Å². The zero-order chi connectivity index (χ0) is 13.6. The summed E-state index contributed by atoms with van der Waals surface area (Å²) in [6.45, 7) is 2.10. The lowest BCUT2D eigenvalue weighted by atomic mass is 10.2. The maximum absolute atomic E-state index is 4.76. The Bertz CT molecular complexity index is 616. The molecule has 0 aromatic carbocycles. The second kappa shape index (κ2) is 5.14. The highest BCUT2D eigenvalue weighted by molar-refractivity contribution is 9.11. The van der Waals surface area contributed by atoms with E-state index in [1.54, 1.807) is 11.3 Å². The van der Waals surface area contributed by atoms with E-state index in [1.165, 1.54) is 17.7 Å². The number of rotatable bonds is 3. The summed E-state index contributed by atoms with van der Waals surface area (Å²) in [4.78, 5) is 11.7. The van der Waals surface area contributed by atoms with E-state index in [1.807, 2.05) is 7.05 Å². The van der Waals surface area contributed by atoms with Crippen LogP contribution in [0.3, 0.4) is 0 Å². The molecule has 0 amide bonds. The average molecular weight is 403 g/mol. The molecule has 3 rings (SSSR count). The van der Waals surface area contributed by atoms with Gasteiger partial charge in [-0.1, -0.05) is 0 Å². The molecule has 0 aliphatic heterocycles. The molecule has 0 spiro atoms. The molecule has 2 aromatic heterocycles. The number of nitrogens with one attached hydrogen (secondary N) is 1. The first-order valence-electron chi connectivity index (χ1n) is 6.11. The lowest BCUT2D eigenvalue weighted by molar-refractivity contribution is 0.982. The van der Waals surface area contributed by atoms with E-state index in [0.717, 1.165) is 31.2 Å². The third-order valence-corrected chi connectivity index (χ3v) is 6.07. The van der Waals surface area contributed by atoms with Gasteiger partial charge in [0.15, 0.2) is 5.82 Å². The highest BCUT2D eigenvalue weighted by Crippen LogP contribution is 2.45. The fraction of sp³-hybridized carbons (Fsp3) is 0.385. The van der Waals surface area contributed by atoms with Gasteiger partial charge in [0.05, 0.1) is 15.0 Å². The zero-order valence-electron chi connectivity index (χ0n) is 10.6. The highest BCUT2D eigenvalue weighted by atomic mass is 79.9. The molecular formula is C13H13Br2N3S. The topological polar surface area (TPSA) is 37.8 Å². The average Bonchev–Trinajstić information content (AvgIpc) is 3.17. The number of halogens is 2. The molecule has 0 bridgehead atoms. The molecule has 2 heterocycles. The van der Waals surface area contributed by atoms with E-state index < -0.39 is 0 Å². The van der Waals surface area contributed by atoms with Gasteiger partial charge >= 0.3 is 0 Å². The standard InChI is InChI=1S/C13H13Br2N3S/c1-6-8(14)5-9(19-6)12-17-11(7-3-4-7)10(15)13(16-2)18-12/h5,7H,3-4H2,1-2H3,(H,16,17,18). The van der Waals surface area contributed by atoms with E-state index >= 15 is 0 Å². The molecule has 2 aromatic rings. The first-order chi connectivity index (χ1) is 9.10. The Morgan fingerprint density at radius 1 is 1.32 bits per heavy atom. The molecule has 0 unspecified atom stereocenters. The quantitative estimate of drug-likeness (QED) is 0.788. The summed E-state index contributed by atoms with van der Waals surface area (Å²) >= 11 is 8.89. The molecule has 1 aliphatic carbocycles. The van der Waals surface area contributed by atoms with Crippen LogP contribution in [0.2, 0.25) is 0 Å². The number of aromatic nitrogens is 2. The van der Waals surface area contributed by atoms with Crippen LogP contribution in [0.5, 0.6) is 0 Å². The highest BCUT2D eigenvalue weighted by Gasteiger charge is 2.29. The van der Waals surface area contributed by atoms with Crippen molar-refractivity contribution >= 4 is 49.0 Å². The third-order valence-electron chi connectivity index (χ3n) is 3.16. The van der Waals surface area contributed by atoms with E-state index in [4.69, 9.17) is 4.98 Å². The van der Waals surface area contributed by atoms with Gasteiger partial charge in [-0.2, -0.15) is 0 Å². The van der Waals surface area contributed by atoms with Crippen molar-refractivity contribution in [2.24, 2.45) is 0 Å². The van der Waals surface area contributed by atoms with Gasteiger partial charge in [-0.05, 0) is 57.7 Å². The van der Waals surface area contributed by atoms with Crippen LogP contribution in [0, 0.1) is 6.92 Å². The van der Waals surface area contributed by atoms with E-state index in [0.29, 0.717) is 5.92 Å². The molecule has 3 nitrogen and oxygen atoms in total. The number of hydrogen-bond donors (Lipinski definition) is 1. The predicted molar refractivity (Wildman–Crippen MR) is 87.0 cm³/mol. The molecular weight excluding hydrogens is 390 g/mol. The SMILES string of the molecule is CNc1nc(-c2cc(Br)c(C)s2)nc(C2CC2)c1Br. The smallest absolute Gasteiger partial charge is 0.171 e. The summed E-state index contributed by atoms with van der Waals surface area (Å²) in [7, 11) is 1.89. The van der Waals surface area contributed by atoms with Crippen molar-refractivity contribution in [2.45, 2.75) is 25.7 Å². The van der Waals surface area contributed by atoms with Crippen LogP contribution in [0.25, 0.3) is 10.7 Å². The molecule has 0 radical (unpaired) electrons. The van der Waals surface area contributed by atoms with Gasteiger partial charge in [0.2, 0.25) is 0 Å². The van der Waals surface area contributed by atoms with Crippen molar-refractivity contribution in [3.8, 4) is 10.7 Å². The first-order valence-corrected chi connectivity index (χ1v) is 8.52. The molecule has 19 heavy (non-hydrogen) atoms. The second-order valence-corrected chi connectivity index (χ2v) is 7.54. The Labute approximate surface area is 133 Å². The summed E-state index contributed by atoms with van der Waals surface area (Å²) in [6.07, 6.45) is 2.46. The van der Waals surface area contributed by atoms with E-state index in [2.05, 4.69) is 55.2 Å². The van der Waals surface area contributed by atoms with Crippen LogP contribution in [-0.2, 0) is 0 Å². The number of nitrogens with zero attached hydrogens (tertiary/aromatic N) is 2. The van der Waals surface area contributed by atoms with Gasteiger partial charge in [0, 0.05) is 22.3 Å². The molecule has 1 aliphatic rings. The van der Waals surface area contributed by atoms with Crippen molar-refractivity contribution in [3.63, 3.8) is 0 Å². The molecule has 0 saturated heterocycles. The van der Waals surface area contributed by atoms with Gasteiger partial charge in [-0.3, -0.25) is 0 Å². The molecule has 6 heteroatoms. The minimum atomic E-state index is 0.590. The Morgan fingerprint density at radius 2 is 2.05 bits per heavy atom. The van der Waals surface area contributed by atoms with Gasteiger partial charge < -0.3 is 5.32 Å². The van der Waals surface area contributed by atoms with Crippen molar-refractivity contribution < 1.29 is 0 Å². The molecule has 1 N–H and O–H groups in total. The molecule has 100 valence electrons.